The minimum Gasteiger partial charge on any atom is -0.399 e. The van der Waals surface area contributed by atoms with Gasteiger partial charge in [-0.05, 0) is 44.0 Å². The first-order chi connectivity index (χ1) is 9.06. The molecule has 0 fully saturated rings. The third-order valence-electron chi connectivity index (χ3n) is 3.38. The summed E-state index contributed by atoms with van der Waals surface area (Å²) in [6.07, 6.45) is 0.805. The first kappa shape index (κ1) is 11.8. The van der Waals surface area contributed by atoms with Crippen molar-refractivity contribution < 1.29 is 9.32 Å². The van der Waals surface area contributed by atoms with Crippen molar-refractivity contribution in [2.45, 2.75) is 26.3 Å². The van der Waals surface area contributed by atoms with E-state index in [0.29, 0.717) is 5.69 Å². The molecule has 0 saturated carbocycles. The van der Waals surface area contributed by atoms with Crippen molar-refractivity contribution in [2.24, 2.45) is 0 Å². The Labute approximate surface area is 111 Å². The number of nitrogen functional groups attached to an aromatic ring is 1. The molecule has 0 radical (unpaired) electrons. The van der Waals surface area contributed by atoms with Crippen LogP contribution in [0.15, 0.2) is 28.8 Å². The third-order valence-corrected chi connectivity index (χ3v) is 3.38. The van der Waals surface area contributed by atoms with Crippen LogP contribution in [0.5, 0.6) is 0 Å². The van der Waals surface area contributed by atoms with Gasteiger partial charge in [0.25, 0.3) is 5.91 Å². The quantitative estimate of drug-likeness (QED) is 0.794. The van der Waals surface area contributed by atoms with Crippen LogP contribution in [0.2, 0.25) is 0 Å². The molecule has 0 aliphatic carbocycles. The molecule has 19 heavy (non-hydrogen) atoms. The van der Waals surface area contributed by atoms with Gasteiger partial charge in [0.15, 0.2) is 0 Å². The van der Waals surface area contributed by atoms with Gasteiger partial charge in [0.2, 0.25) is 5.76 Å². The zero-order valence-corrected chi connectivity index (χ0v) is 10.9. The molecular weight excluding hydrogens is 242 g/mol. The average molecular weight is 257 g/mol. The van der Waals surface area contributed by atoms with E-state index in [-0.39, 0.29) is 17.7 Å². The summed E-state index contributed by atoms with van der Waals surface area (Å²) in [6, 6.07) is 7.36. The summed E-state index contributed by atoms with van der Waals surface area (Å²) in [5, 5.41) is 3.76. The summed E-state index contributed by atoms with van der Waals surface area (Å²) in [7, 11) is 0. The van der Waals surface area contributed by atoms with Gasteiger partial charge in [0.1, 0.15) is 0 Å². The number of fused-ring (bicyclic) bond motifs is 1. The lowest BCUT2D eigenvalue weighted by atomic mass is 10.1. The first-order valence-corrected chi connectivity index (χ1v) is 6.21. The lowest BCUT2D eigenvalue weighted by molar-refractivity contribution is 0.0945. The normalized spacial score (nSPS) is 17.6. The number of nitrogens with zero attached hydrogens (tertiary/aromatic N) is 2. The van der Waals surface area contributed by atoms with Gasteiger partial charge in [0, 0.05) is 23.5 Å². The monoisotopic (exact) mass is 257 g/mol. The van der Waals surface area contributed by atoms with Gasteiger partial charge in [-0.15, -0.1) is 0 Å². The lowest BCUT2D eigenvalue weighted by Crippen LogP contribution is -2.35. The Bertz CT molecular complexity index is 648. The van der Waals surface area contributed by atoms with Gasteiger partial charge in [-0.25, -0.2) is 0 Å². The number of aromatic nitrogens is 1. The SMILES string of the molecule is Cc1cc(C(=O)N2c3ccc(N)cc3CC2C)on1. The Balaban J connectivity index is 2.00. The number of hydrogen-bond donors (Lipinski definition) is 1. The smallest absolute Gasteiger partial charge is 0.297 e. The average Bonchev–Trinajstić information content (AvgIpc) is 2.91. The minimum absolute atomic E-state index is 0.0923. The largest absolute Gasteiger partial charge is 0.399 e. The highest BCUT2D eigenvalue weighted by atomic mass is 16.5. The van der Waals surface area contributed by atoms with Gasteiger partial charge < -0.3 is 15.2 Å². The molecule has 1 aliphatic rings. The highest BCUT2D eigenvalue weighted by molar-refractivity contribution is 6.06. The van der Waals surface area contributed by atoms with Crippen molar-refractivity contribution in [1.29, 1.82) is 0 Å². The maximum absolute atomic E-state index is 12.5. The fourth-order valence-corrected chi connectivity index (χ4v) is 2.54. The molecule has 1 amide bonds. The number of anilines is 2. The van der Waals surface area contributed by atoms with Crippen molar-refractivity contribution in [3.05, 3.63) is 41.3 Å². The van der Waals surface area contributed by atoms with Crippen LogP contribution in [0, 0.1) is 6.92 Å². The van der Waals surface area contributed by atoms with E-state index >= 15 is 0 Å². The first-order valence-electron chi connectivity index (χ1n) is 6.21. The molecule has 5 nitrogen and oxygen atoms in total. The molecule has 1 unspecified atom stereocenters. The molecule has 1 aliphatic heterocycles. The van der Waals surface area contributed by atoms with E-state index < -0.39 is 0 Å². The minimum atomic E-state index is -0.156. The maximum atomic E-state index is 12.5. The lowest BCUT2D eigenvalue weighted by Gasteiger charge is -2.21. The fourth-order valence-electron chi connectivity index (χ4n) is 2.54. The number of amides is 1. The summed E-state index contributed by atoms with van der Waals surface area (Å²) < 4.78 is 5.06. The molecule has 0 spiro atoms. The van der Waals surface area contributed by atoms with Gasteiger partial charge in [0.05, 0.1) is 5.69 Å². The van der Waals surface area contributed by atoms with Crippen LogP contribution in [0.1, 0.15) is 28.7 Å². The Morgan fingerprint density at radius 1 is 1.47 bits per heavy atom. The zero-order chi connectivity index (χ0) is 13.6. The summed E-state index contributed by atoms with van der Waals surface area (Å²) >= 11 is 0. The van der Waals surface area contributed by atoms with Gasteiger partial charge in [-0.3, -0.25) is 4.79 Å². The van der Waals surface area contributed by atoms with Crippen LogP contribution in [-0.2, 0) is 6.42 Å². The van der Waals surface area contributed by atoms with Crippen LogP contribution in [0.3, 0.4) is 0 Å². The number of benzene rings is 1. The second-order valence-corrected chi connectivity index (χ2v) is 4.95. The Morgan fingerprint density at radius 2 is 2.26 bits per heavy atom. The molecule has 1 aromatic carbocycles. The van der Waals surface area contributed by atoms with Crippen molar-refractivity contribution in [3.63, 3.8) is 0 Å². The van der Waals surface area contributed by atoms with Crippen LogP contribution < -0.4 is 10.6 Å². The number of nitrogens with two attached hydrogens (primary N) is 1. The Hall–Kier alpha value is -2.30. The Kier molecular flexibility index (Phi) is 2.55. The van der Waals surface area contributed by atoms with Crippen LogP contribution in [0.4, 0.5) is 11.4 Å². The molecule has 1 aromatic heterocycles. The summed E-state index contributed by atoms with van der Waals surface area (Å²) in [5.41, 5.74) is 9.20. The van der Waals surface area contributed by atoms with Crippen molar-refractivity contribution in [3.8, 4) is 0 Å². The van der Waals surface area contributed by atoms with Gasteiger partial charge in [-0.2, -0.15) is 0 Å². The fraction of sp³-hybridized carbons (Fsp3) is 0.286. The predicted octanol–water partition coefficient (Wildman–Crippen LogP) is 2.16. The molecule has 2 N–H and O–H groups in total. The van der Waals surface area contributed by atoms with Crippen molar-refractivity contribution >= 4 is 17.3 Å². The maximum Gasteiger partial charge on any atom is 0.297 e. The summed E-state index contributed by atoms with van der Waals surface area (Å²) in [6.45, 7) is 3.81. The molecule has 2 heterocycles. The standard InChI is InChI=1S/C14H15N3O2/c1-8-5-13(19-16-8)14(18)17-9(2)6-10-7-11(15)3-4-12(10)17/h3-5,7,9H,6,15H2,1-2H3. The van der Waals surface area contributed by atoms with Gasteiger partial charge in [-0.1, -0.05) is 5.16 Å². The third kappa shape index (κ3) is 1.87. The second-order valence-electron chi connectivity index (χ2n) is 4.95. The van der Waals surface area contributed by atoms with E-state index in [9.17, 15) is 4.79 Å². The van der Waals surface area contributed by atoms with Crippen LogP contribution >= 0.6 is 0 Å². The van der Waals surface area contributed by atoms with Gasteiger partial charge >= 0.3 is 0 Å². The van der Waals surface area contributed by atoms with Crippen LogP contribution in [-0.4, -0.2) is 17.1 Å². The summed E-state index contributed by atoms with van der Waals surface area (Å²) in [5.74, 6) is 0.116. The molecule has 98 valence electrons. The molecule has 5 heteroatoms. The zero-order valence-electron chi connectivity index (χ0n) is 10.9. The Morgan fingerprint density at radius 3 is 2.95 bits per heavy atom. The molecule has 1 atom stereocenters. The molecule has 2 aromatic rings. The second kappa shape index (κ2) is 4.12. The predicted molar refractivity (Wildman–Crippen MR) is 72.1 cm³/mol. The van der Waals surface area contributed by atoms with E-state index in [4.69, 9.17) is 10.3 Å². The van der Waals surface area contributed by atoms with Crippen LogP contribution in [0.25, 0.3) is 0 Å². The molecular formula is C14H15N3O2. The summed E-state index contributed by atoms with van der Waals surface area (Å²) in [4.78, 5) is 14.2. The van der Waals surface area contributed by atoms with Crippen molar-refractivity contribution in [1.82, 2.24) is 5.16 Å². The van der Waals surface area contributed by atoms with Crippen molar-refractivity contribution in [2.75, 3.05) is 10.6 Å². The number of rotatable bonds is 1. The number of hydrogen-bond acceptors (Lipinski definition) is 4. The molecule has 0 bridgehead atoms. The molecule has 0 saturated heterocycles. The number of aryl methyl sites for hydroxylation is 1. The highest BCUT2D eigenvalue weighted by Crippen LogP contribution is 2.34. The van der Waals surface area contributed by atoms with E-state index in [1.807, 2.05) is 25.1 Å². The van der Waals surface area contributed by atoms with E-state index in [1.165, 1.54) is 0 Å². The van der Waals surface area contributed by atoms with E-state index in [1.54, 1.807) is 17.9 Å². The topological polar surface area (TPSA) is 72.4 Å². The number of carbonyl (C=O) groups excluding carboxylic acids is 1. The number of carbonyl (C=O) groups is 1. The molecule has 3 rings (SSSR count). The van der Waals surface area contributed by atoms with E-state index in [2.05, 4.69) is 5.16 Å². The highest BCUT2D eigenvalue weighted by Gasteiger charge is 2.33. The van der Waals surface area contributed by atoms with E-state index in [0.717, 1.165) is 23.4 Å².